The molecule has 26 heavy (non-hydrogen) atoms. The molecule has 1 N–H and O–H groups in total. The molecule has 2 aromatic rings. The van der Waals surface area contributed by atoms with Crippen LogP contribution in [0.25, 0.3) is 0 Å². The lowest BCUT2D eigenvalue weighted by atomic mass is 9.96. The lowest BCUT2D eigenvalue weighted by Gasteiger charge is -2.32. The Morgan fingerprint density at radius 3 is 2.69 bits per heavy atom. The number of carbonyl (C=O) groups excluding carboxylic acids is 1. The molecule has 1 unspecified atom stereocenters. The van der Waals surface area contributed by atoms with E-state index in [1.54, 1.807) is 0 Å². The van der Waals surface area contributed by atoms with E-state index in [1.165, 1.54) is 5.56 Å². The Hall–Kier alpha value is -1.84. The van der Waals surface area contributed by atoms with Crippen LogP contribution >= 0.6 is 11.6 Å². The molecule has 0 spiro atoms. The first-order valence-corrected chi connectivity index (χ1v) is 9.87. The highest BCUT2D eigenvalue weighted by atomic mass is 35.5. The van der Waals surface area contributed by atoms with Crippen molar-refractivity contribution in [3.8, 4) is 0 Å². The Morgan fingerprint density at radius 2 is 1.88 bits per heavy atom. The first-order valence-electron chi connectivity index (χ1n) is 9.50. The van der Waals surface area contributed by atoms with Crippen molar-refractivity contribution in [2.75, 3.05) is 19.6 Å². The van der Waals surface area contributed by atoms with E-state index in [2.05, 4.69) is 40.5 Å². The first kappa shape index (κ1) is 18.9. The summed E-state index contributed by atoms with van der Waals surface area (Å²) in [7, 11) is 0. The van der Waals surface area contributed by atoms with E-state index in [9.17, 15) is 4.79 Å². The molecule has 1 fully saturated rings. The molecular weight excluding hydrogens is 344 g/mol. The Balaban J connectivity index is 1.42. The molecule has 0 radical (unpaired) electrons. The first-order chi connectivity index (χ1) is 12.7. The summed E-state index contributed by atoms with van der Waals surface area (Å²) in [6.45, 7) is 3.41. The van der Waals surface area contributed by atoms with Crippen molar-refractivity contribution in [1.82, 2.24) is 10.2 Å². The van der Waals surface area contributed by atoms with Crippen LogP contribution in [0.3, 0.4) is 0 Å². The van der Waals surface area contributed by atoms with Gasteiger partial charge in [0, 0.05) is 24.7 Å². The molecule has 0 saturated carbocycles. The standard InChI is InChI=1S/C22H27ClN2O/c23-21-13-5-4-11-19(21)16-25-15-7-12-20(17-25)22(26)24-14-6-10-18-8-2-1-3-9-18/h1-5,8-9,11,13,20H,6-7,10,12,14-17H2,(H,24,26). The quantitative estimate of drug-likeness (QED) is 0.737. The van der Waals surface area contributed by atoms with Crippen LogP contribution in [0.2, 0.25) is 5.02 Å². The van der Waals surface area contributed by atoms with Crippen molar-refractivity contribution in [1.29, 1.82) is 0 Å². The average molecular weight is 371 g/mol. The van der Waals surface area contributed by atoms with Crippen LogP contribution in [0.4, 0.5) is 0 Å². The Kier molecular flexibility index (Phi) is 7.10. The van der Waals surface area contributed by atoms with Gasteiger partial charge < -0.3 is 5.32 Å². The maximum absolute atomic E-state index is 12.5. The van der Waals surface area contributed by atoms with Gasteiger partial charge in [-0.3, -0.25) is 9.69 Å². The van der Waals surface area contributed by atoms with Gasteiger partial charge in [-0.25, -0.2) is 0 Å². The van der Waals surface area contributed by atoms with Crippen molar-refractivity contribution in [3.63, 3.8) is 0 Å². The van der Waals surface area contributed by atoms with E-state index in [1.807, 2.05) is 24.3 Å². The predicted molar refractivity (Wildman–Crippen MR) is 107 cm³/mol. The SMILES string of the molecule is O=C(NCCCc1ccccc1)C1CCCN(Cc2ccccc2Cl)C1. The fourth-order valence-electron chi connectivity index (χ4n) is 3.57. The number of nitrogens with one attached hydrogen (secondary N) is 1. The summed E-state index contributed by atoms with van der Waals surface area (Å²) in [4.78, 5) is 14.9. The maximum Gasteiger partial charge on any atom is 0.224 e. The Bertz CT molecular complexity index is 704. The van der Waals surface area contributed by atoms with Crippen LogP contribution in [0.1, 0.15) is 30.4 Å². The third-order valence-electron chi connectivity index (χ3n) is 5.01. The fraction of sp³-hybridized carbons (Fsp3) is 0.409. The normalized spacial score (nSPS) is 17.8. The van der Waals surface area contributed by atoms with Gasteiger partial charge in [0.05, 0.1) is 5.92 Å². The minimum absolute atomic E-state index is 0.0861. The molecule has 1 aliphatic heterocycles. The van der Waals surface area contributed by atoms with Crippen molar-refractivity contribution < 1.29 is 4.79 Å². The molecule has 1 saturated heterocycles. The zero-order valence-electron chi connectivity index (χ0n) is 15.2. The van der Waals surface area contributed by atoms with Gasteiger partial charge in [-0.2, -0.15) is 0 Å². The lowest BCUT2D eigenvalue weighted by molar-refractivity contribution is -0.126. The minimum Gasteiger partial charge on any atom is -0.356 e. The van der Waals surface area contributed by atoms with Gasteiger partial charge in [0.25, 0.3) is 0 Å². The topological polar surface area (TPSA) is 32.3 Å². The minimum atomic E-state index is 0.0861. The number of rotatable bonds is 7. The van der Waals surface area contributed by atoms with Crippen molar-refractivity contribution >= 4 is 17.5 Å². The van der Waals surface area contributed by atoms with E-state index in [-0.39, 0.29) is 11.8 Å². The van der Waals surface area contributed by atoms with Crippen molar-refractivity contribution in [2.45, 2.75) is 32.2 Å². The predicted octanol–water partition coefficient (Wildman–Crippen LogP) is 4.30. The molecular formula is C22H27ClN2O. The number of halogens is 1. The molecule has 3 nitrogen and oxygen atoms in total. The van der Waals surface area contributed by atoms with Crippen LogP contribution in [0.15, 0.2) is 54.6 Å². The van der Waals surface area contributed by atoms with Crippen LogP contribution in [-0.4, -0.2) is 30.4 Å². The number of likely N-dealkylation sites (tertiary alicyclic amines) is 1. The second-order valence-corrected chi connectivity index (χ2v) is 7.45. The number of benzene rings is 2. The maximum atomic E-state index is 12.5. The number of carbonyl (C=O) groups is 1. The van der Waals surface area contributed by atoms with Gasteiger partial charge in [-0.1, -0.05) is 60.1 Å². The molecule has 3 rings (SSSR count). The van der Waals surface area contributed by atoms with E-state index in [0.717, 1.165) is 62.4 Å². The molecule has 0 aromatic heterocycles. The summed E-state index contributed by atoms with van der Waals surface area (Å²) in [6.07, 6.45) is 4.02. The second-order valence-electron chi connectivity index (χ2n) is 7.05. The van der Waals surface area contributed by atoms with Crippen LogP contribution in [-0.2, 0) is 17.8 Å². The van der Waals surface area contributed by atoms with Crippen molar-refractivity contribution in [2.24, 2.45) is 5.92 Å². The van der Waals surface area contributed by atoms with Gasteiger partial charge in [0.1, 0.15) is 0 Å². The summed E-state index contributed by atoms with van der Waals surface area (Å²) in [5.41, 5.74) is 2.46. The molecule has 4 heteroatoms. The number of hydrogen-bond acceptors (Lipinski definition) is 2. The summed E-state index contributed by atoms with van der Waals surface area (Å²) in [5, 5.41) is 3.93. The molecule has 138 valence electrons. The molecule has 1 aliphatic rings. The van der Waals surface area contributed by atoms with E-state index in [0.29, 0.717) is 0 Å². The largest absolute Gasteiger partial charge is 0.356 e. The highest BCUT2D eigenvalue weighted by Crippen LogP contribution is 2.22. The molecule has 0 bridgehead atoms. The van der Waals surface area contributed by atoms with Crippen LogP contribution in [0, 0.1) is 5.92 Å². The van der Waals surface area contributed by atoms with Crippen LogP contribution < -0.4 is 5.32 Å². The summed E-state index contributed by atoms with van der Waals surface area (Å²) >= 11 is 6.27. The molecule has 1 heterocycles. The number of piperidine rings is 1. The summed E-state index contributed by atoms with van der Waals surface area (Å²) < 4.78 is 0. The highest BCUT2D eigenvalue weighted by molar-refractivity contribution is 6.31. The number of amides is 1. The summed E-state index contributed by atoms with van der Waals surface area (Å²) in [5.74, 6) is 0.282. The van der Waals surface area contributed by atoms with Gasteiger partial charge >= 0.3 is 0 Å². The molecule has 1 amide bonds. The lowest BCUT2D eigenvalue weighted by Crippen LogP contribution is -2.43. The summed E-state index contributed by atoms with van der Waals surface area (Å²) in [6, 6.07) is 18.4. The van der Waals surface area contributed by atoms with E-state index in [4.69, 9.17) is 11.6 Å². The monoisotopic (exact) mass is 370 g/mol. The zero-order chi connectivity index (χ0) is 18.2. The number of aryl methyl sites for hydroxylation is 1. The van der Waals surface area contributed by atoms with Gasteiger partial charge in [0.2, 0.25) is 5.91 Å². The Morgan fingerprint density at radius 1 is 1.12 bits per heavy atom. The molecule has 1 atom stereocenters. The number of nitrogens with zero attached hydrogens (tertiary/aromatic N) is 1. The van der Waals surface area contributed by atoms with Gasteiger partial charge in [0.15, 0.2) is 0 Å². The molecule has 2 aromatic carbocycles. The average Bonchev–Trinajstić information content (AvgIpc) is 2.68. The fourth-order valence-corrected chi connectivity index (χ4v) is 3.77. The molecule has 0 aliphatic carbocycles. The van der Waals surface area contributed by atoms with Crippen LogP contribution in [0.5, 0.6) is 0 Å². The van der Waals surface area contributed by atoms with Gasteiger partial charge in [-0.05, 0) is 49.4 Å². The van der Waals surface area contributed by atoms with Crippen molar-refractivity contribution in [3.05, 3.63) is 70.7 Å². The highest BCUT2D eigenvalue weighted by Gasteiger charge is 2.25. The van der Waals surface area contributed by atoms with E-state index >= 15 is 0 Å². The van der Waals surface area contributed by atoms with Gasteiger partial charge in [-0.15, -0.1) is 0 Å². The van der Waals surface area contributed by atoms with E-state index < -0.39 is 0 Å². The second kappa shape index (κ2) is 9.75. The Labute approximate surface area is 161 Å². The third kappa shape index (κ3) is 5.58. The zero-order valence-corrected chi connectivity index (χ0v) is 15.9. The third-order valence-corrected chi connectivity index (χ3v) is 5.38. The smallest absolute Gasteiger partial charge is 0.224 e. The number of hydrogen-bond donors (Lipinski definition) is 1.